The van der Waals surface area contributed by atoms with Crippen LogP contribution in [0.4, 0.5) is 5.82 Å². The normalized spacial score (nSPS) is 29.0. The number of imidazole rings is 1. The van der Waals surface area contributed by atoms with E-state index in [0.717, 1.165) is 5.54 Å². The van der Waals surface area contributed by atoms with Crippen molar-refractivity contribution in [3.63, 3.8) is 0 Å². The first kappa shape index (κ1) is 12.2. The van der Waals surface area contributed by atoms with E-state index in [9.17, 15) is 10.2 Å². The highest BCUT2D eigenvalue weighted by atomic mass is 35.5. The molecule has 1 aliphatic rings. The van der Waals surface area contributed by atoms with Crippen molar-refractivity contribution in [3.8, 4) is 0 Å². The molecule has 8 nitrogen and oxygen atoms in total. The SMILES string of the molecule is Nc1ncnc2c1ncn2[C@@H]1O/C(=C\Cl)C(O)C1O. The van der Waals surface area contributed by atoms with E-state index in [0.29, 0.717) is 11.2 Å². The number of hydrogen-bond donors (Lipinski definition) is 3. The number of aliphatic hydroxyl groups is 2. The van der Waals surface area contributed by atoms with E-state index in [1.807, 2.05) is 0 Å². The lowest BCUT2D eigenvalue weighted by Gasteiger charge is -2.15. The predicted molar refractivity (Wildman–Crippen MR) is 65.8 cm³/mol. The van der Waals surface area contributed by atoms with E-state index < -0.39 is 18.4 Å². The number of nitrogens with two attached hydrogens (primary N) is 1. The van der Waals surface area contributed by atoms with Crippen molar-refractivity contribution in [3.05, 3.63) is 23.9 Å². The van der Waals surface area contributed by atoms with Gasteiger partial charge in [-0.1, -0.05) is 11.6 Å². The minimum absolute atomic E-state index is 0.0862. The van der Waals surface area contributed by atoms with Gasteiger partial charge >= 0.3 is 0 Å². The van der Waals surface area contributed by atoms with Gasteiger partial charge in [0, 0.05) is 5.54 Å². The van der Waals surface area contributed by atoms with Gasteiger partial charge in [-0.15, -0.1) is 0 Å². The van der Waals surface area contributed by atoms with Crippen molar-refractivity contribution >= 4 is 28.6 Å². The zero-order valence-electron chi connectivity index (χ0n) is 9.51. The zero-order chi connectivity index (χ0) is 13.6. The summed E-state index contributed by atoms with van der Waals surface area (Å²) in [6.07, 6.45) is -0.559. The third-order valence-corrected chi connectivity index (χ3v) is 3.15. The minimum atomic E-state index is -1.20. The molecule has 0 saturated carbocycles. The van der Waals surface area contributed by atoms with Crippen LogP contribution in [0.2, 0.25) is 0 Å². The number of nitrogen functional groups attached to an aromatic ring is 1. The number of anilines is 1. The Hall–Kier alpha value is -1.90. The van der Waals surface area contributed by atoms with Crippen LogP contribution in [-0.2, 0) is 4.74 Å². The first-order chi connectivity index (χ1) is 9.13. The Morgan fingerprint density at radius 2 is 2.16 bits per heavy atom. The summed E-state index contributed by atoms with van der Waals surface area (Å²) in [7, 11) is 0. The van der Waals surface area contributed by atoms with E-state index in [4.69, 9.17) is 22.1 Å². The summed E-state index contributed by atoms with van der Waals surface area (Å²) in [5, 5.41) is 19.7. The summed E-state index contributed by atoms with van der Waals surface area (Å²) in [5.41, 5.74) is 7.55. The third kappa shape index (κ3) is 1.72. The lowest BCUT2D eigenvalue weighted by atomic mass is 10.2. The van der Waals surface area contributed by atoms with Gasteiger partial charge in [0.15, 0.2) is 11.5 Å². The van der Waals surface area contributed by atoms with Crippen LogP contribution in [0.1, 0.15) is 6.23 Å². The standard InChI is InChI=1S/C10H10ClN5O3/c11-1-4-6(17)7(18)10(19-4)16-3-15-5-8(12)13-2-14-9(5)16/h1-3,6-7,10,17-18H,(H2,12,13,14)/b4-1-/t6?,7?,10-/m1/s1. The van der Waals surface area contributed by atoms with Gasteiger partial charge in [-0.25, -0.2) is 15.0 Å². The highest BCUT2D eigenvalue weighted by Crippen LogP contribution is 2.34. The Bertz CT molecular complexity index is 658. The number of rotatable bonds is 1. The third-order valence-electron chi connectivity index (χ3n) is 2.93. The predicted octanol–water partition coefficient (Wildman–Crippen LogP) is -0.261. The average molecular weight is 284 g/mol. The van der Waals surface area contributed by atoms with Crippen LogP contribution in [0.3, 0.4) is 0 Å². The van der Waals surface area contributed by atoms with Crippen LogP contribution >= 0.6 is 11.6 Å². The van der Waals surface area contributed by atoms with E-state index in [-0.39, 0.29) is 11.6 Å². The summed E-state index contributed by atoms with van der Waals surface area (Å²) in [4.78, 5) is 11.9. The van der Waals surface area contributed by atoms with Crippen molar-refractivity contribution in [2.45, 2.75) is 18.4 Å². The Morgan fingerprint density at radius 1 is 1.37 bits per heavy atom. The molecule has 1 fully saturated rings. The number of halogens is 1. The number of aromatic nitrogens is 4. The van der Waals surface area contributed by atoms with Crippen molar-refractivity contribution in [1.29, 1.82) is 0 Å². The van der Waals surface area contributed by atoms with Gasteiger partial charge in [0.05, 0.1) is 0 Å². The Labute approximate surface area is 112 Å². The Morgan fingerprint density at radius 3 is 2.84 bits per heavy atom. The Kier molecular flexibility index (Phi) is 2.77. The van der Waals surface area contributed by atoms with Crippen molar-refractivity contribution < 1.29 is 14.9 Å². The van der Waals surface area contributed by atoms with E-state index in [2.05, 4.69) is 15.0 Å². The fraction of sp³-hybridized carbons (Fsp3) is 0.300. The average Bonchev–Trinajstić information content (AvgIpc) is 2.94. The van der Waals surface area contributed by atoms with E-state index in [1.165, 1.54) is 17.2 Å². The van der Waals surface area contributed by atoms with E-state index >= 15 is 0 Å². The molecule has 0 aliphatic carbocycles. The van der Waals surface area contributed by atoms with Crippen LogP contribution in [0.5, 0.6) is 0 Å². The number of aliphatic hydroxyl groups excluding tert-OH is 2. The van der Waals surface area contributed by atoms with Gasteiger partial charge in [0.2, 0.25) is 6.23 Å². The molecule has 3 atom stereocenters. The first-order valence-electron chi connectivity index (χ1n) is 5.39. The summed E-state index contributed by atoms with van der Waals surface area (Å²) in [6.45, 7) is 0. The molecule has 1 saturated heterocycles. The monoisotopic (exact) mass is 283 g/mol. The van der Waals surface area contributed by atoms with Crippen LogP contribution < -0.4 is 5.73 Å². The second kappa shape index (κ2) is 4.34. The smallest absolute Gasteiger partial charge is 0.207 e. The highest BCUT2D eigenvalue weighted by Gasteiger charge is 2.41. The van der Waals surface area contributed by atoms with Crippen LogP contribution in [-0.4, -0.2) is 41.9 Å². The maximum absolute atomic E-state index is 9.96. The van der Waals surface area contributed by atoms with Crippen molar-refractivity contribution in [2.24, 2.45) is 0 Å². The molecule has 3 rings (SSSR count). The molecule has 4 N–H and O–H groups in total. The van der Waals surface area contributed by atoms with Crippen LogP contribution in [0.25, 0.3) is 11.2 Å². The number of hydrogen-bond acceptors (Lipinski definition) is 7. The molecule has 2 aromatic heterocycles. The highest BCUT2D eigenvalue weighted by molar-refractivity contribution is 6.25. The molecular weight excluding hydrogens is 274 g/mol. The molecule has 3 heterocycles. The quantitative estimate of drug-likeness (QED) is 0.659. The molecular formula is C10H10ClN5O3. The lowest BCUT2D eigenvalue weighted by molar-refractivity contribution is -0.0118. The van der Waals surface area contributed by atoms with E-state index in [1.54, 1.807) is 0 Å². The maximum Gasteiger partial charge on any atom is 0.207 e. The molecule has 0 radical (unpaired) electrons. The second-order valence-corrected chi connectivity index (χ2v) is 4.26. The van der Waals surface area contributed by atoms with Crippen LogP contribution in [0, 0.1) is 0 Å². The molecule has 19 heavy (non-hydrogen) atoms. The van der Waals surface area contributed by atoms with Gasteiger partial charge < -0.3 is 20.7 Å². The summed E-state index contributed by atoms with van der Waals surface area (Å²) in [5.74, 6) is 0.313. The Balaban J connectivity index is 2.09. The second-order valence-electron chi connectivity index (χ2n) is 4.04. The summed E-state index contributed by atoms with van der Waals surface area (Å²) >= 11 is 5.51. The largest absolute Gasteiger partial charge is 0.468 e. The lowest BCUT2D eigenvalue weighted by Crippen LogP contribution is -2.27. The fourth-order valence-corrected chi connectivity index (χ4v) is 2.15. The molecule has 2 unspecified atom stereocenters. The zero-order valence-corrected chi connectivity index (χ0v) is 10.3. The van der Waals surface area contributed by atoms with Crippen molar-refractivity contribution in [1.82, 2.24) is 19.5 Å². The molecule has 0 bridgehead atoms. The number of ether oxygens (including phenoxy) is 1. The van der Waals surface area contributed by atoms with Gasteiger partial charge in [0.1, 0.15) is 36.1 Å². The van der Waals surface area contributed by atoms with Gasteiger partial charge in [-0.2, -0.15) is 0 Å². The number of fused-ring (bicyclic) bond motifs is 1. The molecule has 9 heteroatoms. The fourth-order valence-electron chi connectivity index (χ4n) is 1.97. The van der Waals surface area contributed by atoms with Gasteiger partial charge in [0.25, 0.3) is 0 Å². The molecule has 0 amide bonds. The molecule has 100 valence electrons. The molecule has 0 aromatic carbocycles. The van der Waals surface area contributed by atoms with Crippen molar-refractivity contribution in [2.75, 3.05) is 5.73 Å². The maximum atomic E-state index is 9.96. The topological polar surface area (TPSA) is 119 Å². The summed E-state index contributed by atoms with van der Waals surface area (Å²) < 4.78 is 6.85. The summed E-state index contributed by atoms with van der Waals surface area (Å²) in [6, 6.07) is 0. The molecule has 2 aromatic rings. The first-order valence-corrected chi connectivity index (χ1v) is 5.83. The van der Waals surface area contributed by atoms with Crippen LogP contribution in [0.15, 0.2) is 23.9 Å². The molecule has 0 spiro atoms. The van der Waals surface area contributed by atoms with Gasteiger partial charge in [-0.05, 0) is 0 Å². The number of nitrogens with zero attached hydrogens (tertiary/aromatic N) is 4. The molecule has 1 aliphatic heterocycles. The van der Waals surface area contributed by atoms with Gasteiger partial charge in [-0.3, -0.25) is 4.57 Å². The minimum Gasteiger partial charge on any atom is -0.468 e.